The number of nitro benzene ring substituents is 1. The van der Waals surface area contributed by atoms with Crippen LogP contribution in [0.5, 0.6) is 0 Å². The van der Waals surface area contributed by atoms with Gasteiger partial charge in [0.1, 0.15) is 0 Å². The molecule has 0 bridgehead atoms. The summed E-state index contributed by atoms with van der Waals surface area (Å²) in [5.74, 6) is -0.394. The topological polar surface area (TPSA) is 78.0 Å². The van der Waals surface area contributed by atoms with Gasteiger partial charge in [-0.2, -0.15) is 9.78 Å². The number of fused-ring (bicyclic) bond motifs is 1. The largest absolute Gasteiger partial charge is 0.278 e. The summed E-state index contributed by atoms with van der Waals surface area (Å²) in [4.78, 5) is 22.6. The van der Waals surface area contributed by atoms with Crippen molar-refractivity contribution >= 4 is 22.5 Å². The van der Waals surface area contributed by atoms with Gasteiger partial charge in [-0.15, -0.1) is 0 Å². The van der Waals surface area contributed by atoms with E-state index < -0.39 is 10.8 Å². The van der Waals surface area contributed by atoms with Crippen molar-refractivity contribution in [3.8, 4) is 0 Å². The Morgan fingerprint density at radius 2 is 1.95 bits per heavy atom. The number of hydrogen-bond acceptors (Lipinski definition) is 4. The van der Waals surface area contributed by atoms with E-state index in [0.29, 0.717) is 5.52 Å². The molecule has 3 rings (SSSR count). The molecule has 98 valence electrons. The van der Waals surface area contributed by atoms with Crippen LogP contribution in [0.4, 0.5) is 5.69 Å². The van der Waals surface area contributed by atoms with E-state index in [2.05, 4.69) is 5.10 Å². The van der Waals surface area contributed by atoms with Crippen LogP contribution in [0.25, 0.3) is 10.9 Å². The molecule has 0 aliphatic carbocycles. The lowest BCUT2D eigenvalue weighted by molar-refractivity contribution is -0.384. The third-order valence-electron chi connectivity index (χ3n) is 2.97. The van der Waals surface area contributed by atoms with Crippen LogP contribution in [-0.2, 0) is 0 Å². The zero-order valence-electron chi connectivity index (χ0n) is 10.3. The quantitative estimate of drug-likeness (QED) is 0.528. The number of carbonyl (C=O) groups is 1. The van der Waals surface area contributed by atoms with E-state index in [1.807, 2.05) is 12.1 Å². The van der Waals surface area contributed by atoms with E-state index in [9.17, 15) is 14.9 Å². The van der Waals surface area contributed by atoms with Crippen LogP contribution in [0.3, 0.4) is 0 Å². The highest BCUT2D eigenvalue weighted by Gasteiger charge is 2.15. The van der Waals surface area contributed by atoms with Crippen LogP contribution >= 0.6 is 0 Å². The van der Waals surface area contributed by atoms with Gasteiger partial charge in [0.2, 0.25) is 0 Å². The highest BCUT2D eigenvalue weighted by Crippen LogP contribution is 2.17. The van der Waals surface area contributed by atoms with Crippen molar-refractivity contribution in [2.24, 2.45) is 0 Å². The number of benzene rings is 2. The maximum Gasteiger partial charge on any atom is 0.278 e. The molecule has 0 saturated heterocycles. The number of hydrogen-bond donors (Lipinski definition) is 0. The minimum absolute atomic E-state index is 0.118. The van der Waals surface area contributed by atoms with Crippen LogP contribution in [-0.4, -0.2) is 20.6 Å². The summed E-state index contributed by atoms with van der Waals surface area (Å²) < 4.78 is 1.24. The van der Waals surface area contributed by atoms with E-state index in [4.69, 9.17) is 0 Å². The Labute approximate surface area is 113 Å². The Morgan fingerprint density at radius 1 is 1.15 bits per heavy atom. The highest BCUT2D eigenvalue weighted by molar-refractivity contribution is 6.01. The molecule has 0 amide bonds. The summed E-state index contributed by atoms with van der Waals surface area (Å²) in [7, 11) is 0. The number of carbonyl (C=O) groups excluding carboxylic acids is 1. The fraction of sp³-hybridized carbons (Fsp3) is 0. The second kappa shape index (κ2) is 4.58. The molecule has 3 aromatic rings. The van der Waals surface area contributed by atoms with Gasteiger partial charge in [0.25, 0.3) is 11.6 Å². The summed E-state index contributed by atoms with van der Waals surface area (Å²) >= 11 is 0. The van der Waals surface area contributed by atoms with Crippen molar-refractivity contribution in [3.05, 3.63) is 70.4 Å². The predicted molar refractivity (Wildman–Crippen MR) is 72.6 cm³/mol. The van der Waals surface area contributed by atoms with Crippen molar-refractivity contribution in [1.29, 1.82) is 0 Å². The zero-order valence-corrected chi connectivity index (χ0v) is 10.3. The molecule has 0 saturated carbocycles. The Hall–Kier alpha value is -3.02. The molecular weight excluding hydrogens is 258 g/mol. The number of rotatable bonds is 2. The van der Waals surface area contributed by atoms with Gasteiger partial charge in [0, 0.05) is 23.1 Å². The normalized spacial score (nSPS) is 10.6. The van der Waals surface area contributed by atoms with Crippen molar-refractivity contribution in [3.63, 3.8) is 0 Å². The van der Waals surface area contributed by atoms with E-state index in [1.54, 1.807) is 18.3 Å². The van der Waals surface area contributed by atoms with Crippen molar-refractivity contribution in [2.75, 3.05) is 0 Å². The average molecular weight is 267 g/mol. The molecule has 1 heterocycles. The van der Waals surface area contributed by atoms with E-state index in [-0.39, 0.29) is 11.3 Å². The molecule has 0 spiro atoms. The van der Waals surface area contributed by atoms with Crippen molar-refractivity contribution in [1.82, 2.24) is 9.78 Å². The van der Waals surface area contributed by atoms with Crippen LogP contribution < -0.4 is 0 Å². The second-order valence-corrected chi connectivity index (χ2v) is 4.23. The first kappa shape index (κ1) is 12.0. The second-order valence-electron chi connectivity index (χ2n) is 4.23. The maximum absolute atomic E-state index is 12.4. The fourth-order valence-corrected chi connectivity index (χ4v) is 2.01. The molecule has 0 unspecified atom stereocenters. The minimum atomic E-state index is -0.530. The van der Waals surface area contributed by atoms with Gasteiger partial charge < -0.3 is 0 Å². The number of nitrogens with zero attached hydrogens (tertiary/aromatic N) is 3. The van der Waals surface area contributed by atoms with E-state index in [1.165, 1.54) is 28.9 Å². The van der Waals surface area contributed by atoms with Gasteiger partial charge in [-0.3, -0.25) is 14.9 Å². The lowest BCUT2D eigenvalue weighted by Crippen LogP contribution is -2.13. The Balaban J connectivity index is 2.08. The minimum Gasteiger partial charge on any atom is -0.267 e. The van der Waals surface area contributed by atoms with Crippen molar-refractivity contribution in [2.45, 2.75) is 0 Å². The average Bonchev–Trinajstić information content (AvgIpc) is 2.90. The monoisotopic (exact) mass is 267 g/mol. The molecule has 6 nitrogen and oxygen atoms in total. The molecule has 20 heavy (non-hydrogen) atoms. The lowest BCUT2D eigenvalue weighted by Gasteiger charge is -2.02. The smallest absolute Gasteiger partial charge is 0.267 e. The maximum atomic E-state index is 12.4. The molecule has 0 fully saturated rings. The fourth-order valence-electron chi connectivity index (χ4n) is 2.01. The molecule has 0 N–H and O–H groups in total. The third-order valence-corrected chi connectivity index (χ3v) is 2.97. The summed E-state index contributed by atoms with van der Waals surface area (Å²) in [6.45, 7) is 0. The van der Waals surface area contributed by atoms with Gasteiger partial charge >= 0.3 is 0 Å². The Kier molecular flexibility index (Phi) is 2.76. The molecule has 6 heteroatoms. The van der Waals surface area contributed by atoms with Crippen LogP contribution in [0.2, 0.25) is 0 Å². The van der Waals surface area contributed by atoms with Gasteiger partial charge in [-0.25, -0.2) is 0 Å². The van der Waals surface area contributed by atoms with Gasteiger partial charge in [-0.05, 0) is 12.1 Å². The number of aromatic nitrogens is 2. The first-order chi connectivity index (χ1) is 9.66. The predicted octanol–water partition coefficient (Wildman–Crippen LogP) is 2.63. The molecule has 0 atom stereocenters. The summed E-state index contributed by atoms with van der Waals surface area (Å²) in [5, 5.41) is 15.6. The third kappa shape index (κ3) is 1.93. The van der Waals surface area contributed by atoms with Crippen LogP contribution in [0.15, 0.2) is 54.7 Å². The summed E-state index contributed by atoms with van der Waals surface area (Å²) in [5.41, 5.74) is 0.782. The first-order valence-electron chi connectivity index (χ1n) is 5.89. The van der Waals surface area contributed by atoms with Crippen molar-refractivity contribution < 1.29 is 9.72 Å². The summed E-state index contributed by atoms with van der Waals surface area (Å²) in [6, 6.07) is 12.9. The summed E-state index contributed by atoms with van der Waals surface area (Å²) in [6.07, 6.45) is 1.59. The number of para-hydroxylation sites is 1. The van der Waals surface area contributed by atoms with Gasteiger partial charge in [0.05, 0.1) is 16.6 Å². The van der Waals surface area contributed by atoms with Crippen LogP contribution in [0, 0.1) is 10.1 Å². The van der Waals surface area contributed by atoms with Gasteiger partial charge in [0.15, 0.2) is 0 Å². The zero-order chi connectivity index (χ0) is 14.1. The molecule has 0 aliphatic heterocycles. The SMILES string of the molecule is O=C(c1cccc([N+](=O)[O-])c1)n1ncc2ccccc21. The molecule has 2 aromatic carbocycles. The number of non-ortho nitro benzene ring substituents is 1. The molecule has 1 aromatic heterocycles. The van der Waals surface area contributed by atoms with E-state index >= 15 is 0 Å². The Bertz CT molecular complexity index is 823. The lowest BCUT2D eigenvalue weighted by atomic mass is 10.2. The van der Waals surface area contributed by atoms with Gasteiger partial charge in [-0.1, -0.05) is 24.3 Å². The molecular formula is C14H9N3O3. The first-order valence-corrected chi connectivity index (χ1v) is 5.89. The highest BCUT2D eigenvalue weighted by atomic mass is 16.6. The Morgan fingerprint density at radius 3 is 2.75 bits per heavy atom. The molecule has 0 aliphatic rings. The van der Waals surface area contributed by atoms with Crippen LogP contribution in [0.1, 0.15) is 10.4 Å². The number of nitro groups is 1. The molecule has 0 radical (unpaired) electrons. The van der Waals surface area contributed by atoms with E-state index in [0.717, 1.165) is 5.39 Å². The standard InChI is InChI=1S/C14H9N3O3/c18-14(10-5-3-6-12(8-10)17(19)20)16-13-7-2-1-4-11(13)9-15-16/h1-9H.